The maximum Gasteiger partial charge on any atom is 0.173 e. The maximum absolute atomic E-state index is 4.41. The molecule has 0 unspecified atom stereocenters. The predicted molar refractivity (Wildman–Crippen MR) is 66.9 cm³/mol. The van der Waals surface area contributed by atoms with Gasteiger partial charge in [-0.15, -0.1) is 0 Å². The van der Waals surface area contributed by atoms with Crippen molar-refractivity contribution in [3.05, 3.63) is 18.6 Å². The van der Waals surface area contributed by atoms with Crippen molar-refractivity contribution < 1.29 is 0 Å². The molecule has 0 atom stereocenters. The molecule has 0 aromatic carbocycles. The van der Waals surface area contributed by atoms with Crippen LogP contribution in [0, 0.1) is 5.92 Å². The van der Waals surface area contributed by atoms with Gasteiger partial charge in [0.15, 0.2) is 5.82 Å². The third-order valence-electron chi connectivity index (χ3n) is 1.96. The summed E-state index contributed by atoms with van der Waals surface area (Å²) < 4.78 is 0. The van der Waals surface area contributed by atoms with Crippen LogP contribution in [0.2, 0.25) is 0 Å². The summed E-state index contributed by atoms with van der Waals surface area (Å²) in [4.78, 5) is 12.6. The summed E-state index contributed by atoms with van der Waals surface area (Å²) in [6, 6.07) is 0. The van der Waals surface area contributed by atoms with E-state index < -0.39 is 0 Å². The molecule has 0 fully saturated rings. The lowest BCUT2D eigenvalue weighted by atomic mass is 10.2. The van der Waals surface area contributed by atoms with Crippen molar-refractivity contribution in [1.82, 2.24) is 9.97 Å². The Kier molecular flexibility index (Phi) is 4.57. The Labute approximate surface area is 95.9 Å². The summed E-state index contributed by atoms with van der Waals surface area (Å²) in [5, 5.41) is 5.57. The highest BCUT2D eigenvalue weighted by atomic mass is 15.5. The first-order valence-electron chi connectivity index (χ1n) is 5.27. The molecule has 1 aromatic heterocycles. The van der Waals surface area contributed by atoms with Crippen molar-refractivity contribution >= 4 is 18.4 Å². The van der Waals surface area contributed by atoms with Gasteiger partial charge in [-0.2, -0.15) is 5.10 Å². The molecule has 0 amide bonds. The van der Waals surface area contributed by atoms with Gasteiger partial charge >= 0.3 is 0 Å². The van der Waals surface area contributed by atoms with Gasteiger partial charge in [-0.25, -0.2) is 9.99 Å². The van der Waals surface area contributed by atoms with E-state index >= 15 is 0 Å². The molecular weight excluding hydrogens is 202 g/mol. The molecule has 5 heteroatoms. The standard InChI is InChI=1S/C11H17N5/c1-5-14-11(9(2)3)16(12-4)10-8-13-6-7-15-10/h6-9H,4-5H2,1-3H3. The molecule has 0 aliphatic rings. The Morgan fingerprint density at radius 3 is 2.69 bits per heavy atom. The molecule has 0 aliphatic carbocycles. The summed E-state index contributed by atoms with van der Waals surface area (Å²) in [7, 11) is 0. The molecule has 0 aliphatic heterocycles. The van der Waals surface area contributed by atoms with Crippen LogP contribution >= 0.6 is 0 Å². The number of aliphatic imine (C=N–C) groups is 1. The van der Waals surface area contributed by atoms with E-state index in [1.807, 2.05) is 6.92 Å². The van der Waals surface area contributed by atoms with E-state index in [9.17, 15) is 0 Å². The van der Waals surface area contributed by atoms with Crippen molar-refractivity contribution in [1.29, 1.82) is 0 Å². The van der Waals surface area contributed by atoms with Gasteiger partial charge < -0.3 is 0 Å². The summed E-state index contributed by atoms with van der Waals surface area (Å²) in [6.45, 7) is 10.4. The SMILES string of the molecule is C=NN(C(=NCC)C(C)C)c1cnccn1. The van der Waals surface area contributed by atoms with E-state index in [-0.39, 0.29) is 5.92 Å². The van der Waals surface area contributed by atoms with E-state index in [1.165, 1.54) is 0 Å². The minimum Gasteiger partial charge on any atom is -0.270 e. The summed E-state index contributed by atoms with van der Waals surface area (Å²) in [5.74, 6) is 1.74. The molecule has 1 heterocycles. The van der Waals surface area contributed by atoms with Gasteiger partial charge in [0.25, 0.3) is 0 Å². The zero-order valence-electron chi connectivity index (χ0n) is 9.96. The van der Waals surface area contributed by atoms with Crippen molar-refractivity contribution in [2.75, 3.05) is 11.6 Å². The number of nitrogens with zero attached hydrogens (tertiary/aromatic N) is 5. The van der Waals surface area contributed by atoms with Crippen molar-refractivity contribution in [2.45, 2.75) is 20.8 Å². The predicted octanol–water partition coefficient (Wildman–Crippen LogP) is 1.97. The van der Waals surface area contributed by atoms with E-state index in [4.69, 9.17) is 0 Å². The van der Waals surface area contributed by atoms with E-state index in [0.717, 1.165) is 5.84 Å². The topological polar surface area (TPSA) is 53.7 Å². The van der Waals surface area contributed by atoms with Gasteiger partial charge in [0.1, 0.15) is 5.84 Å². The van der Waals surface area contributed by atoms with Gasteiger partial charge in [0.05, 0.1) is 6.20 Å². The molecule has 0 radical (unpaired) electrons. The zero-order chi connectivity index (χ0) is 12.0. The summed E-state index contributed by atoms with van der Waals surface area (Å²) in [5.41, 5.74) is 0. The number of anilines is 1. The number of amidine groups is 1. The van der Waals surface area contributed by atoms with Crippen molar-refractivity contribution in [3.8, 4) is 0 Å². The Morgan fingerprint density at radius 2 is 2.25 bits per heavy atom. The van der Waals surface area contributed by atoms with Crippen LogP contribution in [0.3, 0.4) is 0 Å². The second-order valence-corrected chi connectivity index (χ2v) is 3.50. The monoisotopic (exact) mass is 219 g/mol. The average Bonchev–Trinajstić information content (AvgIpc) is 2.30. The van der Waals surface area contributed by atoms with Crippen LogP contribution in [0.1, 0.15) is 20.8 Å². The minimum atomic E-state index is 0.257. The quantitative estimate of drug-likeness (QED) is 0.442. The second kappa shape index (κ2) is 5.95. The highest BCUT2D eigenvalue weighted by Crippen LogP contribution is 2.13. The molecular formula is C11H17N5. The molecule has 0 saturated heterocycles. The fraction of sp³-hybridized carbons (Fsp3) is 0.455. The van der Waals surface area contributed by atoms with Crippen LogP contribution in [0.4, 0.5) is 5.82 Å². The number of rotatable bonds is 4. The lowest BCUT2D eigenvalue weighted by Gasteiger charge is -2.21. The van der Waals surface area contributed by atoms with Gasteiger partial charge in [0, 0.05) is 31.6 Å². The van der Waals surface area contributed by atoms with Crippen LogP contribution in [0.15, 0.2) is 28.7 Å². The van der Waals surface area contributed by atoms with Crippen LogP contribution in [-0.4, -0.2) is 29.1 Å². The Morgan fingerprint density at radius 1 is 1.50 bits per heavy atom. The summed E-state index contributed by atoms with van der Waals surface area (Å²) >= 11 is 0. The van der Waals surface area contributed by atoms with E-state index in [1.54, 1.807) is 23.6 Å². The van der Waals surface area contributed by atoms with Gasteiger partial charge in [0.2, 0.25) is 0 Å². The fourth-order valence-corrected chi connectivity index (χ4v) is 1.32. The molecule has 0 spiro atoms. The number of hydrazone groups is 1. The maximum atomic E-state index is 4.41. The van der Waals surface area contributed by atoms with Crippen molar-refractivity contribution in [3.63, 3.8) is 0 Å². The van der Waals surface area contributed by atoms with Gasteiger partial charge in [-0.05, 0) is 6.92 Å². The largest absolute Gasteiger partial charge is 0.270 e. The fourth-order valence-electron chi connectivity index (χ4n) is 1.32. The normalized spacial score (nSPS) is 11.6. The van der Waals surface area contributed by atoms with Crippen LogP contribution < -0.4 is 5.01 Å². The lowest BCUT2D eigenvalue weighted by molar-refractivity contribution is 0.829. The van der Waals surface area contributed by atoms with Gasteiger partial charge in [-0.1, -0.05) is 13.8 Å². The third kappa shape index (κ3) is 2.85. The van der Waals surface area contributed by atoms with E-state index in [0.29, 0.717) is 12.4 Å². The number of hydrogen-bond acceptors (Lipinski definition) is 4. The molecule has 16 heavy (non-hydrogen) atoms. The van der Waals surface area contributed by atoms with Crippen molar-refractivity contribution in [2.24, 2.45) is 16.0 Å². The van der Waals surface area contributed by atoms with Gasteiger partial charge in [-0.3, -0.25) is 9.98 Å². The molecule has 0 N–H and O–H groups in total. The molecule has 1 aromatic rings. The summed E-state index contributed by atoms with van der Waals surface area (Å²) in [6.07, 6.45) is 4.89. The molecule has 5 nitrogen and oxygen atoms in total. The average molecular weight is 219 g/mol. The van der Waals surface area contributed by atoms with Crippen LogP contribution in [0.5, 0.6) is 0 Å². The highest BCUT2D eigenvalue weighted by molar-refractivity contribution is 5.98. The van der Waals surface area contributed by atoms with E-state index in [2.05, 4.69) is 40.6 Å². The Bertz CT molecular complexity index is 358. The Balaban J connectivity index is 3.06. The Hall–Kier alpha value is -1.78. The van der Waals surface area contributed by atoms with Crippen LogP contribution in [0.25, 0.3) is 0 Å². The minimum absolute atomic E-state index is 0.257. The first-order valence-corrected chi connectivity index (χ1v) is 5.27. The first kappa shape index (κ1) is 12.3. The first-order chi connectivity index (χ1) is 7.70. The molecule has 0 saturated carbocycles. The van der Waals surface area contributed by atoms with Crippen LogP contribution in [-0.2, 0) is 0 Å². The smallest absolute Gasteiger partial charge is 0.173 e. The zero-order valence-corrected chi connectivity index (χ0v) is 9.96. The molecule has 1 rings (SSSR count). The lowest BCUT2D eigenvalue weighted by Crippen LogP contribution is -2.30. The number of aromatic nitrogens is 2. The second-order valence-electron chi connectivity index (χ2n) is 3.50. The number of hydrogen-bond donors (Lipinski definition) is 0. The molecule has 0 bridgehead atoms. The third-order valence-corrected chi connectivity index (χ3v) is 1.96. The highest BCUT2D eigenvalue weighted by Gasteiger charge is 2.16. The molecule has 86 valence electrons.